The first-order valence-corrected chi connectivity index (χ1v) is 8.30. The fourth-order valence-corrected chi connectivity index (χ4v) is 2.71. The molecular formula is C19H20N2O7. The highest BCUT2D eigenvalue weighted by molar-refractivity contribution is 6.07. The van der Waals surface area contributed by atoms with Gasteiger partial charge in [0.15, 0.2) is 0 Å². The van der Waals surface area contributed by atoms with Crippen LogP contribution in [0.5, 0.6) is 0 Å². The number of benzene rings is 1. The molecule has 2 aromatic rings. The Kier molecular flexibility index (Phi) is 7.02. The maximum Gasteiger partial charge on any atom is 0.329 e. The van der Waals surface area contributed by atoms with Crippen LogP contribution in [0.4, 0.5) is 0 Å². The molecule has 0 unspecified atom stereocenters. The van der Waals surface area contributed by atoms with Gasteiger partial charge in [-0.2, -0.15) is 0 Å². The minimum atomic E-state index is -1.46. The molecule has 0 radical (unpaired) electrons. The van der Waals surface area contributed by atoms with Gasteiger partial charge in [-0.3, -0.25) is 19.4 Å². The second-order valence-corrected chi connectivity index (χ2v) is 5.76. The van der Waals surface area contributed by atoms with E-state index in [1.807, 2.05) is 0 Å². The summed E-state index contributed by atoms with van der Waals surface area (Å²) < 4.78 is 13.9. The summed E-state index contributed by atoms with van der Waals surface area (Å²) in [6.07, 6.45) is 1.06. The van der Waals surface area contributed by atoms with Gasteiger partial charge in [0.05, 0.1) is 44.7 Å². The molecule has 0 aliphatic carbocycles. The van der Waals surface area contributed by atoms with Gasteiger partial charge in [0.2, 0.25) is 0 Å². The summed E-state index contributed by atoms with van der Waals surface area (Å²) in [4.78, 5) is 53.1. The largest absolute Gasteiger partial charge is 0.469 e. The number of para-hydroxylation sites is 1. The maximum absolute atomic E-state index is 12.8. The number of carbonyl (C=O) groups excluding carboxylic acids is 4. The number of hydrogen-bond donors (Lipinski definition) is 1. The van der Waals surface area contributed by atoms with E-state index in [4.69, 9.17) is 4.74 Å². The second kappa shape index (κ2) is 9.45. The van der Waals surface area contributed by atoms with Gasteiger partial charge in [-0.1, -0.05) is 18.2 Å². The van der Waals surface area contributed by atoms with E-state index in [-0.39, 0.29) is 5.56 Å². The Hall–Kier alpha value is -3.49. The fraction of sp³-hybridized carbons (Fsp3) is 0.316. The van der Waals surface area contributed by atoms with Crippen molar-refractivity contribution in [2.75, 3.05) is 21.3 Å². The van der Waals surface area contributed by atoms with Crippen molar-refractivity contribution < 1.29 is 33.4 Å². The molecule has 0 aliphatic heterocycles. The average Bonchev–Trinajstić information content (AvgIpc) is 2.74. The van der Waals surface area contributed by atoms with E-state index in [0.717, 1.165) is 26.7 Å². The van der Waals surface area contributed by atoms with E-state index < -0.39 is 42.2 Å². The summed E-state index contributed by atoms with van der Waals surface area (Å²) >= 11 is 0. The Labute approximate surface area is 161 Å². The molecule has 0 fully saturated rings. The van der Waals surface area contributed by atoms with Gasteiger partial charge in [0.1, 0.15) is 6.04 Å². The van der Waals surface area contributed by atoms with Gasteiger partial charge >= 0.3 is 17.9 Å². The molecule has 148 valence electrons. The van der Waals surface area contributed by atoms with Crippen molar-refractivity contribution in [1.29, 1.82) is 0 Å². The van der Waals surface area contributed by atoms with Crippen LogP contribution in [0.15, 0.2) is 36.5 Å². The molecule has 1 heterocycles. The topological polar surface area (TPSA) is 121 Å². The maximum atomic E-state index is 12.8. The van der Waals surface area contributed by atoms with Crippen LogP contribution < -0.4 is 5.32 Å². The van der Waals surface area contributed by atoms with E-state index in [1.54, 1.807) is 24.3 Å². The van der Waals surface area contributed by atoms with Crippen LogP contribution >= 0.6 is 0 Å². The second-order valence-electron chi connectivity index (χ2n) is 5.76. The molecule has 2 rings (SSSR count). The van der Waals surface area contributed by atoms with Gasteiger partial charge in [0, 0.05) is 11.6 Å². The lowest BCUT2D eigenvalue weighted by Gasteiger charge is -2.23. The van der Waals surface area contributed by atoms with Crippen molar-refractivity contribution in [2.24, 2.45) is 5.92 Å². The number of carbonyl (C=O) groups is 4. The summed E-state index contributed by atoms with van der Waals surface area (Å²) in [7, 11) is 3.36. The summed E-state index contributed by atoms with van der Waals surface area (Å²) in [6, 6.07) is 7.04. The molecular weight excluding hydrogens is 368 g/mol. The number of amides is 1. The smallest absolute Gasteiger partial charge is 0.329 e. The molecule has 1 aromatic carbocycles. The predicted molar refractivity (Wildman–Crippen MR) is 97.2 cm³/mol. The monoisotopic (exact) mass is 388 g/mol. The van der Waals surface area contributed by atoms with Crippen LogP contribution in [-0.2, 0) is 28.6 Å². The van der Waals surface area contributed by atoms with E-state index in [9.17, 15) is 19.2 Å². The molecule has 0 spiro atoms. The third-order valence-electron chi connectivity index (χ3n) is 4.14. The Balaban J connectivity index is 2.39. The number of nitrogens with one attached hydrogen (secondary N) is 1. The van der Waals surface area contributed by atoms with Crippen molar-refractivity contribution in [3.63, 3.8) is 0 Å². The molecule has 0 saturated carbocycles. The van der Waals surface area contributed by atoms with Gasteiger partial charge in [0.25, 0.3) is 5.91 Å². The number of fused-ring (bicyclic) bond motifs is 1. The lowest BCUT2D eigenvalue weighted by Crippen LogP contribution is -2.50. The number of esters is 3. The Morgan fingerprint density at radius 1 is 0.964 bits per heavy atom. The highest BCUT2D eigenvalue weighted by Gasteiger charge is 2.39. The van der Waals surface area contributed by atoms with Crippen molar-refractivity contribution in [2.45, 2.75) is 12.5 Å². The average molecular weight is 388 g/mol. The molecule has 9 heteroatoms. The molecule has 0 bridgehead atoms. The fourth-order valence-electron chi connectivity index (χ4n) is 2.71. The first-order valence-electron chi connectivity index (χ1n) is 8.30. The molecule has 1 N–H and O–H groups in total. The number of nitrogens with zero attached hydrogens (tertiary/aromatic N) is 1. The SMILES string of the molecule is COC(=O)C[C@@H](C(=O)OC)[C@H](NC(=O)c1cccc2cccnc12)C(=O)OC. The van der Waals surface area contributed by atoms with Crippen molar-refractivity contribution in [1.82, 2.24) is 10.3 Å². The highest BCUT2D eigenvalue weighted by atomic mass is 16.5. The molecule has 9 nitrogen and oxygen atoms in total. The summed E-state index contributed by atoms with van der Waals surface area (Å²) in [5.74, 6) is -4.49. The normalized spacial score (nSPS) is 12.5. The van der Waals surface area contributed by atoms with E-state index in [0.29, 0.717) is 5.52 Å². The van der Waals surface area contributed by atoms with E-state index in [2.05, 4.69) is 19.8 Å². The zero-order valence-corrected chi connectivity index (χ0v) is 15.6. The van der Waals surface area contributed by atoms with Crippen LogP contribution in [0.2, 0.25) is 0 Å². The molecule has 1 aromatic heterocycles. The van der Waals surface area contributed by atoms with Gasteiger partial charge < -0.3 is 19.5 Å². The van der Waals surface area contributed by atoms with Crippen LogP contribution in [-0.4, -0.2) is 56.2 Å². The number of ether oxygens (including phenoxy) is 3. The number of hydrogen-bond acceptors (Lipinski definition) is 8. The first kappa shape index (κ1) is 20.8. The predicted octanol–water partition coefficient (Wildman–Crippen LogP) is 0.858. The number of aromatic nitrogens is 1. The lowest BCUT2D eigenvalue weighted by molar-refractivity contribution is -0.158. The molecule has 28 heavy (non-hydrogen) atoms. The van der Waals surface area contributed by atoms with Crippen LogP contribution in [0.1, 0.15) is 16.8 Å². The number of rotatable bonds is 7. The van der Waals surface area contributed by atoms with Crippen molar-refractivity contribution in [3.05, 3.63) is 42.1 Å². The Bertz CT molecular complexity index is 891. The first-order chi connectivity index (χ1) is 13.4. The minimum Gasteiger partial charge on any atom is -0.469 e. The molecule has 0 aliphatic rings. The highest BCUT2D eigenvalue weighted by Crippen LogP contribution is 2.18. The summed E-state index contributed by atoms with van der Waals surface area (Å²) in [5.41, 5.74) is 0.627. The van der Waals surface area contributed by atoms with Crippen LogP contribution in [0, 0.1) is 5.92 Å². The zero-order chi connectivity index (χ0) is 20.7. The summed E-state index contributed by atoms with van der Waals surface area (Å²) in [5, 5.41) is 3.18. The van der Waals surface area contributed by atoms with Gasteiger partial charge in [-0.25, -0.2) is 4.79 Å². The third kappa shape index (κ3) is 4.61. The minimum absolute atomic E-state index is 0.202. The van der Waals surface area contributed by atoms with Gasteiger partial charge in [-0.05, 0) is 12.1 Å². The Morgan fingerprint density at radius 2 is 1.64 bits per heavy atom. The van der Waals surface area contributed by atoms with Crippen LogP contribution in [0.25, 0.3) is 10.9 Å². The van der Waals surface area contributed by atoms with E-state index in [1.165, 1.54) is 12.3 Å². The number of pyridine rings is 1. The molecule has 1 amide bonds. The van der Waals surface area contributed by atoms with Gasteiger partial charge in [-0.15, -0.1) is 0 Å². The van der Waals surface area contributed by atoms with Crippen LogP contribution in [0.3, 0.4) is 0 Å². The molecule has 0 saturated heterocycles. The molecule has 2 atom stereocenters. The standard InChI is InChI=1S/C19H20N2O7/c1-26-14(22)10-13(18(24)27-2)16(19(25)28-3)21-17(23)12-8-4-6-11-7-5-9-20-15(11)12/h4-9,13,16H,10H2,1-3H3,(H,21,23)/t13-,16+/m1/s1. The Morgan fingerprint density at radius 3 is 2.29 bits per heavy atom. The van der Waals surface area contributed by atoms with Crippen molar-refractivity contribution >= 4 is 34.7 Å². The summed E-state index contributed by atoms with van der Waals surface area (Å²) in [6.45, 7) is 0. The zero-order valence-electron chi connectivity index (χ0n) is 15.6. The van der Waals surface area contributed by atoms with E-state index >= 15 is 0 Å². The third-order valence-corrected chi connectivity index (χ3v) is 4.14. The van der Waals surface area contributed by atoms with Crippen molar-refractivity contribution in [3.8, 4) is 0 Å². The number of methoxy groups -OCH3 is 3. The quantitative estimate of drug-likeness (QED) is 0.548. The lowest BCUT2D eigenvalue weighted by atomic mass is 9.95.